The van der Waals surface area contributed by atoms with E-state index < -0.39 is 24.3 Å². The summed E-state index contributed by atoms with van der Waals surface area (Å²) in [7, 11) is 1.44. The first-order chi connectivity index (χ1) is 12.9. The van der Waals surface area contributed by atoms with Crippen LogP contribution in [0, 0.1) is 5.82 Å². The van der Waals surface area contributed by atoms with Gasteiger partial charge in [-0.1, -0.05) is 28.6 Å². The van der Waals surface area contributed by atoms with Gasteiger partial charge in [-0.15, -0.1) is 0 Å². The Balaban J connectivity index is 1.96. The molecular formula is C19H17BrFNO5. The number of halogens is 2. The summed E-state index contributed by atoms with van der Waals surface area (Å²) in [6.45, 7) is 3.27. The van der Waals surface area contributed by atoms with Gasteiger partial charge >= 0.3 is 5.97 Å². The lowest BCUT2D eigenvalue weighted by Crippen LogP contribution is -2.21. The summed E-state index contributed by atoms with van der Waals surface area (Å²) in [4.78, 5) is 24.0. The maximum absolute atomic E-state index is 13.7. The number of methoxy groups -OCH3 is 1. The Hall–Kier alpha value is -2.87. The largest absolute Gasteiger partial charge is 0.493 e. The predicted octanol–water partition coefficient (Wildman–Crippen LogP) is 3.96. The van der Waals surface area contributed by atoms with Crippen LogP contribution in [-0.4, -0.2) is 32.2 Å². The number of esters is 1. The van der Waals surface area contributed by atoms with E-state index in [4.69, 9.17) is 14.2 Å². The third-order valence-electron chi connectivity index (χ3n) is 3.30. The van der Waals surface area contributed by atoms with E-state index in [1.165, 1.54) is 31.4 Å². The Morgan fingerprint density at radius 2 is 2.00 bits per heavy atom. The topological polar surface area (TPSA) is 73.9 Å². The highest BCUT2D eigenvalue weighted by Gasteiger charge is 2.15. The van der Waals surface area contributed by atoms with Crippen molar-refractivity contribution < 1.29 is 28.2 Å². The van der Waals surface area contributed by atoms with Gasteiger partial charge in [0.25, 0.3) is 5.91 Å². The van der Waals surface area contributed by atoms with Gasteiger partial charge in [0.05, 0.1) is 18.4 Å². The molecule has 0 aliphatic carbocycles. The van der Waals surface area contributed by atoms with Gasteiger partial charge in [-0.25, -0.2) is 9.18 Å². The van der Waals surface area contributed by atoms with Gasteiger partial charge in [0.2, 0.25) is 0 Å². The lowest BCUT2D eigenvalue weighted by atomic mass is 10.2. The maximum Gasteiger partial charge on any atom is 0.338 e. The zero-order valence-corrected chi connectivity index (χ0v) is 16.0. The number of carbonyl (C=O) groups excluding carboxylic acids is 2. The van der Waals surface area contributed by atoms with Gasteiger partial charge in [0, 0.05) is 4.47 Å². The van der Waals surface area contributed by atoms with Crippen LogP contribution >= 0.6 is 15.9 Å². The van der Waals surface area contributed by atoms with Gasteiger partial charge in [-0.2, -0.15) is 0 Å². The number of nitrogens with one attached hydrogen (secondary N) is 1. The Bertz CT molecular complexity index is 856. The summed E-state index contributed by atoms with van der Waals surface area (Å²) in [5.74, 6) is -1.22. The molecule has 0 aromatic heterocycles. The number of hydrogen-bond acceptors (Lipinski definition) is 5. The zero-order chi connectivity index (χ0) is 19.8. The van der Waals surface area contributed by atoms with E-state index in [1.807, 2.05) is 0 Å². The molecule has 0 unspecified atom stereocenters. The summed E-state index contributed by atoms with van der Waals surface area (Å²) in [6.07, 6.45) is 1.58. The van der Waals surface area contributed by atoms with Gasteiger partial charge in [0.1, 0.15) is 12.4 Å². The Morgan fingerprint density at radius 1 is 1.22 bits per heavy atom. The average molecular weight is 438 g/mol. The molecule has 0 aliphatic rings. The first-order valence-corrected chi connectivity index (χ1v) is 8.57. The molecule has 8 heteroatoms. The number of carbonyl (C=O) groups is 2. The van der Waals surface area contributed by atoms with E-state index in [0.717, 1.165) is 0 Å². The molecule has 0 atom stereocenters. The van der Waals surface area contributed by atoms with E-state index in [9.17, 15) is 14.0 Å². The van der Waals surface area contributed by atoms with Crippen molar-refractivity contribution in [2.45, 2.75) is 0 Å². The molecule has 0 fully saturated rings. The van der Waals surface area contributed by atoms with Crippen LogP contribution < -0.4 is 14.8 Å². The zero-order valence-electron chi connectivity index (χ0n) is 14.5. The Morgan fingerprint density at radius 3 is 2.67 bits per heavy atom. The number of ether oxygens (including phenoxy) is 3. The normalized spacial score (nSPS) is 10.0. The molecule has 2 aromatic rings. The molecule has 0 heterocycles. The molecule has 0 saturated carbocycles. The lowest BCUT2D eigenvalue weighted by molar-refractivity contribution is -0.119. The van der Waals surface area contributed by atoms with Crippen molar-refractivity contribution in [3.8, 4) is 11.5 Å². The van der Waals surface area contributed by atoms with Gasteiger partial charge < -0.3 is 19.5 Å². The number of anilines is 1. The minimum Gasteiger partial charge on any atom is -0.493 e. The van der Waals surface area contributed by atoms with E-state index in [-0.39, 0.29) is 17.9 Å². The van der Waals surface area contributed by atoms with Crippen molar-refractivity contribution in [2.24, 2.45) is 0 Å². The third kappa shape index (κ3) is 5.82. The molecule has 0 spiro atoms. The van der Waals surface area contributed by atoms with Crippen molar-refractivity contribution >= 4 is 33.5 Å². The molecule has 2 aromatic carbocycles. The molecule has 0 saturated heterocycles. The van der Waals surface area contributed by atoms with Crippen LogP contribution in [0.15, 0.2) is 53.5 Å². The van der Waals surface area contributed by atoms with Crippen molar-refractivity contribution in [3.63, 3.8) is 0 Å². The van der Waals surface area contributed by atoms with E-state index in [1.54, 1.807) is 18.2 Å². The van der Waals surface area contributed by atoms with Crippen molar-refractivity contribution in [1.82, 2.24) is 0 Å². The minimum atomic E-state index is -0.727. The Labute approximate surface area is 164 Å². The van der Waals surface area contributed by atoms with Gasteiger partial charge in [-0.3, -0.25) is 4.79 Å². The number of hydrogen-bond donors (Lipinski definition) is 1. The van der Waals surface area contributed by atoms with Crippen LogP contribution in [0.1, 0.15) is 10.4 Å². The standard InChI is InChI=1S/C19H17BrFNO5/c1-3-8-26-16-7-4-12(9-17(16)25-2)19(24)27-11-18(23)22-15-6-5-13(20)10-14(15)21/h3-7,9-10H,1,8,11H2,2H3,(H,22,23). The van der Waals surface area contributed by atoms with E-state index in [0.29, 0.717) is 16.0 Å². The van der Waals surface area contributed by atoms with Gasteiger partial charge in [-0.05, 0) is 36.4 Å². The highest BCUT2D eigenvalue weighted by atomic mass is 79.9. The monoisotopic (exact) mass is 437 g/mol. The van der Waals surface area contributed by atoms with Crippen LogP contribution in [0.3, 0.4) is 0 Å². The molecule has 0 bridgehead atoms. The van der Waals surface area contributed by atoms with Crippen LogP contribution in [0.2, 0.25) is 0 Å². The summed E-state index contributed by atoms with van der Waals surface area (Å²) in [5, 5.41) is 2.33. The van der Waals surface area contributed by atoms with Crippen LogP contribution in [0.25, 0.3) is 0 Å². The molecule has 1 N–H and O–H groups in total. The summed E-state index contributed by atoms with van der Waals surface area (Å²) in [6, 6.07) is 8.65. The highest BCUT2D eigenvalue weighted by molar-refractivity contribution is 9.10. The molecule has 1 amide bonds. The predicted molar refractivity (Wildman–Crippen MR) is 102 cm³/mol. The molecule has 6 nitrogen and oxygen atoms in total. The summed E-state index contributed by atoms with van der Waals surface area (Å²) >= 11 is 3.12. The first kappa shape index (κ1) is 20.4. The van der Waals surface area contributed by atoms with Crippen molar-refractivity contribution in [1.29, 1.82) is 0 Å². The number of rotatable bonds is 8. The summed E-state index contributed by atoms with van der Waals surface area (Å²) < 4.78 is 29.8. The minimum absolute atomic E-state index is 0.00959. The maximum atomic E-state index is 13.7. The number of amides is 1. The van der Waals surface area contributed by atoms with E-state index in [2.05, 4.69) is 27.8 Å². The molecule has 0 aliphatic heterocycles. The fourth-order valence-corrected chi connectivity index (χ4v) is 2.39. The average Bonchev–Trinajstić information content (AvgIpc) is 2.66. The van der Waals surface area contributed by atoms with E-state index >= 15 is 0 Å². The Kier molecular flexibility index (Phi) is 7.36. The smallest absolute Gasteiger partial charge is 0.338 e. The van der Waals surface area contributed by atoms with Crippen LogP contribution in [0.5, 0.6) is 11.5 Å². The third-order valence-corrected chi connectivity index (χ3v) is 3.79. The second-order valence-electron chi connectivity index (χ2n) is 5.21. The molecule has 2 rings (SSSR count). The second-order valence-corrected chi connectivity index (χ2v) is 6.13. The molecule has 142 valence electrons. The fourth-order valence-electron chi connectivity index (χ4n) is 2.05. The highest BCUT2D eigenvalue weighted by Crippen LogP contribution is 2.28. The van der Waals surface area contributed by atoms with Crippen LogP contribution in [0.4, 0.5) is 10.1 Å². The number of benzene rings is 2. The first-order valence-electron chi connectivity index (χ1n) is 7.78. The fraction of sp³-hybridized carbons (Fsp3) is 0.158. The second kappa shape index (κ2) is 9.72. The lowest BCUT2D eigenvalue weighted by Gasteiger charge is -2.11. The van der Waals surface area contributed by atoms with Crippen molar-refractivity contribution in [3.05, 3.63) is 64.9 Å². The molecular weight excluding hydrogens is 421 g/mol. The SMILES string of the molecule is C=CCOc1ccc(C(=O)OCC(=O)Nc2ccc(Br)cc2F)cc1OC. The molecule has 0 radical (unpaired) electrons. The summed E-state index contributed by atoms with van der Waals surface area (Å²) in [5.41, 5.74) is 0.171. The molecule has 27 heavy (non-hydrogen) atoms. The van der Waals surface area contributed by atoms with Crippen LogP contribution in [-0.2, 0) is 9.53 Å². The quantitative estimate of drug-likeness (QED) is 0.499. The van der Waals surface area contributed by atoms with Gasteiger partial charge in [0.15, 0.2) is 18.1 Å². The van der Waals surface area contributed by atoms with Crippen molar-refractivity contribution in [2.75, 3.05) is 25.6 Å².